The summed E-state index contributed by atoms with van der Waals surface area (Å²) < 4.78 is 0. The Labute approximate surface area is 78.1 Å². The van der Waals surface area contributed by atoms with E-state index in [0.717, 1.165) is 6.42 Å². The Morgan fingerprint density at radius 3 is 2.92 bits per heavy atom. The Bertz CT molecular complexity index is 238. The highest BCUT2D eigenvalue weighted by molar-refractivity contribution is 7.09. The van der Waals surface area contributed by atoms with E-state index in [2.05, 4.69) is 36.3 Å². The van der Waals surface area contributed by atoms with Gasteiger partial charge in [0.1, 0.15) is 0 Å². The molecule has 0 radical (unpaired) electrons. The van der Waals surface area contributed by atoms with Crippen LogP contribution in [0.1, 0.15) is 11.8 Å². The van der Waals surface area contributed by atoms with E-state index in [1.165, 1.54) is 10.5 Å². The van der Waals surface area contributed by atoms with Gasteiger partial charge in [-0.15, -0.1) is 11.3 Å². The first-order chi connectivity index (χ1) is 5.74. The van der Waals surface area contributed by atoms with Crippen molar-refractivity contribution in [1.29, 1.82) is 0 Å². The summed E-state index contributed by atoms with van der Waals surface area (Å²) in [6.45, 7) is 6.01. The largest absolute Gasteiger partial charge is 0.313 e. The molecule has 1 aromatic heterocycles. The molecule has 1 N–H and O–H groups in total. The molecule has 0 saturated carbocycles. The summed E-state index contributed by atoms with van der Waals surface area (Å²) in [5, 5.41) is 5.36. The first-order valence-corrected chi connectivity index (χ1v) is 4.97. The van der Waals surface area contributed by atoms with Gasteiger partial charge in [-0.25, -0.2) is 0 Å². The molecule has 0 saturated heterocycles. The Balaban J connectivity index is 2.54. The summed E-state index contributed by atoms with van der Waals surface area (Å²) in [6, 6.07) is 4.67. The van der Waals surface area contributed by atoms with Crippen LogP contribution in [0.15, 0.2) is 29.7 Å². The summed E-state index contributed by atoms with van der Waals surface area (Å²) in [5.74, 6) is 0. The second-order valence-electron chi connectivity index (χ2n) is 2.97. The Morgan fingerprint density at radius 1 is 1.75 bits per heavy atom. The molecule has 1 nitrogen and oxygen atoms in total. The maximum Gasteiger partial charge on any atom is 0.0319 e. The molecule has 0 spiro atoms. The molecule has 0 aliphatic rings. The molecule has 1 heterocycles. The van der Waals surface area contributed by atoms with Crippen molar-refractivity contribution in [3.05, 3.63) is 34.5 Å². The fourth-order valence-corrected chi connectivity index (χ4v) is 1.90. The topological polar surface area (TPSA) is 12.0 Å². The lowest BCUT2D eigenvalue weighted by atomic mass is 10.1. The maximum atomic E-state index is 3.95. The second-order valence-corrected chi connectivity index (χ2v) is 4.00. The van der Waals surface area contributed by atoms with E-state index in [9.17, 15) is 0 Å². The third-order valence-corrected chi connectivity index (χ3v) is 2.83. The highest BCUT2D eigenvalue weighted by Crippen LogP contribution is 2.13. The van der Waals surface area contributed by atoms with E-state index < -0.39 is 0 Å². The van der Waals surface area contributed by atoms with Gasteiger partial charge in [-0.1, -0.05) is 18.2 Å². The molecule has 1 atom stereocenters. The second kappa shape index (κ2) is 4.43. The van der Waals surface area contributed by atoms with Crippen LogP contribution in [0.3, 0.4) is 0 Å². The van der Waals surface area contributed by atoms with Crippen molar-refractivity contribution in [3.8, 4) is 0 Å². The van der Waals surface area contributed by atoms with Crippen LogP contribution in [0.4, 0.5) is 0 Å². The minimum absolute atomic E-state index is 0.420. The fraction of sp³-hybridized carbons (Fsp3) is 0.400. The van der Waals surface area contributed by atoms with E-state index in [4.69, 9.17) is 0 Å². The van der Waals surface area contributed by atoms with E-state index in [1.807, 2.05) is 7.05 Å². The monoisotopic (exact) mass is 181 g/mol. The predicted octanol–water partition coefficient (Wildman–Crippen LogP) is 2.45. The quantitative estimate of drug-likeness (QED) is 0.704. The Hall–Kier alpha value is -0.600. The van der Waals surface area contributed by atoms with E-state index in [0.29, 0.717) is 6.04 Å². The highest BCUT2D eigenvalue weighted by Gasteiger charge is 2.07. The highest BCUT2D eigenvalue weighted by atomic mass is 32.1. The first-order valence-electron chi connectivity index (χ1n) is 4.09. The summed E-state index contributed by atoms with van der Waals surface area (Å²) in [7, 11) is 1.98. The van der Waals surface area contributed by atoms with Gasteiger partial charge in [0.2, 0.25) is 0 Å². The molecular formula is C10H15NS. The number of rotatable bonds is 4. The molecule has 2 heteroatoms. The van der Waals surface area contributed by atoms with Crippen molar-refractivity contribution in [2.24, 2.45) is 0 Å². The van der Waals surface area contributed by atoms with Crippen molar-refractivity contribution in [2.75, 3.05) is 7.05 Å². The van der Waals surface area contributed by atoms with Crippen LogP contribution in [-0.2, 0) is 6.42 Å². The lowest BCUT2D eigenvalue weighted by molar-refractivity contribution is 0.639. The number of likely N-dealkylation sites (N-methyl/N-ethyl adjacent to an activating group) is 1. The summed E-state index contributed by atoms with van der Waals surface area (Å²) in [6.07, 6.45) is 1.06. The number of nitrogens with one attached hydrogen (secondary N) is 1. The maximum absolute atomic E-state index is 3.95. The van der Waals surface area contributed by atoms with Crippen molar-refractivity contribution in [3.63, 3.8) is 0 Å². The molecule has 1 unspecified atom stereocenters. The van der Waals surface area contributed by atoms with Crippen molar-refractivity contribution in [2.45, 2.75) is 19.4 Å². The summed E-state index contributed by atoms with van der Waals surface area (Å²) >= 11 is 1.80. The third-order valence-electron chi connectivity index (χ3n) is 1.93. The normalized spacial score (nSPS) is 12.8. The molecule has 0 aliphatic carbocycles. The number of thiophene rings is 1. The molecule has 0 amide bonds. The zero-order chi connectivity index (χ0) is 8.97. The molecule has 1 aromatic rings. The lowest BCUT2D eigenvalue weighted by Crippen LogP contribution is -2.27. The Kier molecular flexibility index (Phi) is 3.50. The fourth-order valence-electron chi connectivity index (χ4n) is 1.15. The van der Waals surface area contributed by atoms with Gasteiger partial charge < -0.3 is 5.32 Å². The number of hydrogen-bond acceptors (Lipinski definition) is 2. The lowest BCUT2D eigenvalue weighted by Gasteiger charge is -2.14. The van der Waals surface area contributed by atoms with Gasteiger partial charge in [0, 0.05) is 17.3 Å². The SMILES string of the molecule is C=C(C)C(Cc1cccs1)NC. The minimum Gasteiger partial charge on any atom is -0.313 e. The summed E-state index contributed by atoms with van der Waals surface area (Å²) in [4.78, 5) is 1.41. The molecule has 1 rings (SSSR count). The minimum atomic E-state index is 0.420. The molecular weight excluding hydrogens is 166 g/mol. The molecule has 12 heavy (non-hydrogen) atoms. The van der Waals surface area contributed by atoms with Crippen LogP contribution < -0.4 is 5.32 Å². The predicted molar refractivity (Wildman–Crippen MR) is 55.7 cm³/mol. The molecule has 0 aliphatic heterocycles. The summed E-state index contributed by atoms with van der Waals surface area (Å²) in [5.41, 5.74) is 1.20. The van der Waals surface area contributed by atoms with E-state index in [1.54, 1.807) is 11.3 Å². The van der Waals surface area contributed by atoms with Crippen molar-refractivity contribution < 1.29 is 0 Å². The molecule has 66 valence electrons. The van der Waals surface area contributed by atoms with Crippen LogP contribution in [-0.4, -0.2) is 13.1 Å². The van der Waals surface area contributed by atoms with E-state index >= 15 is 0 Å². The van der Waals surface area contributed by atoms with Crippen LogP contribution >= 0.6 is 11.3 Å². The zero-order valence-corrected chi connectivity index (χ0v) is 8.45. The van der Waals surface area contributed by atoms with Crippen LogP contribution in [0, 0.1) is 0 Å². The average Bonchev–Trinajstić information content (AvgIpc) is 2.51. The van der Waals surface area contributed by atoms with Gasteiger partial charge in [-0.05, 0) is 25.4 Å². The van der Waals surface area contributed by atoms with E-state index in [-0.39, 0.29) is 0 Å². The number of hydrogen-bond donors (Lipinski definition) is 1. The van der Waals surface area contributed by atoms with Crippen molar-refractivity contribution in [1.82, 2.24) is 5.32 Å². The van der Waals surface area contributed by atoms with Gasteiger partial charge in [0.15, 0.2) is 0 Å². The standard InChI is InChI=1S/C10H15NS/c1-8(2)10(11-3)7-9-5-4-6-12-9/h4-6,10-11H,1,7H2,2-3H3. The van der Waals surface area contributed by atoms with Gasteiger partial charge in [-0.3, -0.25) is 0 Å². The molecule has 0 fully saturated rings. The average molecular weight is 181 g/mol. The van der Waals surface area contributed by atoms with Crippen LogP contribution in [0.2, 0.25) is 0 Å². The van der Waals surface area contributed by atoms with Gasteiger partial charge in [0.25, 0.3) is 0 Å². The van der Waals surface area contributed by atoms with Crippen LogP contribution in [0.5, 0.6) is 0 Å². The third kappa shape index (κ3) is 2.47. The zero-order valence-electron chi connectivity index (χ0n) is 7.63. The molecule has 0 aromatic carbocycles. The molecule has 0 bridgehead atoms. The smallest absolute Gasteiger partial charge is 0.0319 e. The van der Waals surface area contributed by atoms with Gasteiger partial charge >= 0.3 is 0 Å². The van der Waals surface area contributed by atoms with Gasteiger partial charge in [-0.2, -0.15) is 0 Å². The Morgan fingerprint density at radius 2 is 2.50 bits per heavy atom. The van der Waals surface area contributed by atoms with Crippen LogP contribution in [0.25, 0.3) is 0 Å². The first kappa shape index (κ1) is 9.49. The van der Waals surface area contributed by atoms with Crippen molar-refractivity contribution >= 4 is 11.3 Å². The van der Waals surface area contributed by atoms with Gasteiger partial charge in [0.05, 0.1) is 0 Å².